The molecule has 0 amide bonds. The Morgan fingerprint density at radius 3 is 2.84 bits per heavy atom. The van der Waals surface area contributed by atoms with Gasteiger partial charge in [-0.3, -0.25) is 13.8 Å². The van der Waals surface area contributed by atoms with Crippen molar-refractivity contribution in [3.05, 3.63) is 70.1 Å². The molecule has 5 aromatic rings. The quantitative estimate of drug-likeness (QED) is 0.287. The third kappa shape index (κ3) is 3.56. The average Bonchev–Trinajstić information content (AvgIpc) is 3.44. The summed E-state index contributed by atoms with van der Waals surface area (Å²) in [6.45, 7) is 1.71. The van der Waals surface area contributed by atoms with Crippen LogP contribution in [0.25, 0.3) is 28.1 Å². The van der Waals surface area contributed by atoms with Crippen LogP contribution in [0.5, 0.6) is 0 Å². The predicted octanol–water partition coefficient (Wildman–Crippen LogP) is 3.80. The Hall–Kier alpha value is -3.53. The summed E-state index contributed by atoms with van der Waals surface area (Å²) in [5, 5.41) is 13.8. The van der Waals surface area contributed by atoms with Gasteiger partial charge >= 0.3 is 0 Å². The van der Waals surface area contributed by atoms with Crippen LogP contribution in [-0.2, 0) is 13.5 Å². The highest BCUT2D eigenvalue weighted by atomic mass is 32.2. The number of thioether (sulfide) groups is 1. The number of aryl methyl sites for hydroxylation is 3. The minimum Gasteiger partial charge on any atom is -0.339 e. The van der Waals surface area contributed by atoms with Gasteiger partial charge in [-0.05, 0) is 37.1 Å². The molecule has 3 aromatic heterocycles. The van der Waals surface area contributed by atoms with Gasteiger partial charge in [0, 0.05) is 24.8 Å². The van der Waals surface area contributed by atoms with Gasteiger partial charge in [-0.2, -0.15) is 4.98 Å². The van der Waals surface area contributed by atoms with E-state index in [4.69, 9.17) is 4.52 Å². The zero-order chi connectivity index (χ0) is 22.2. The van der Waals surface area contributed by atoms with Crippen LogP contribution in [0.3, 0.4) is 0 Å². The number of hydrogen-bond acceptors (Lipinski definition) is 7. The molecule has 0 fully saturated rings. The number of hydrogen-bond donors (Lipinski definition) is 0. The molecule has 0 spiro atoms. The summed E-state index contributed by atoms with van der Waals surface area (Å²) in [4.78, 5) is 16.9. The molecule has 0 bridgehead atoms. The Kier molecular flexibility index (Phi) is 5.22. The molecule has 0 aliphatic rings. The molecule has 162 valence electrons. The molecule has 0 atom stereocenters. The number of fused-ring (bicyclic) bond motifs is 3. The zero-order valence-electron chi connectivity index (χ0n) is 17.4. The average molecular weight is 450 g/mol. The molecule has 2 aromatic carbocycles. The summed E-state index contributed by atoms with van der Waals surface area (Å²) < 4.78 is 22.5. The van der Waals surface area contributed by atoms with E-state index < -0.39 is 0 Å². The van der Waals surface area contributed by atoms with E-state index in [0.717, 1.165) is 17.7 Å². The van der Waals surface area contributed by atoms with Crippen LogP contribution in [0.4, 0.5) is 4.39 Å². The van der Waals surface area contributed by atoms with Gasteiger partial charge in [0.15, 0.2) is 5.16 Å². The standard InChI is InChI=1S/C22H19FN6O2S/c1-13-9-10-14(12-16(13)23)19-24-18(31-27-19)8-5-11-32-22-26-25-21-28(2)20(30)15-6-3-4-7-17(15)29(21)22/h3-4,6-7,9-10,12H,5,8,11H2,1-2H3. The SMILES string of the molecule is Cc1ccc(-c2noc(CCCSc3nnc4n(C)c(=O)c5ccccc5n34)n2)cc1F. The van der Waals surface area contributed by atoms with E-state index in [-0.39, 0.29) is 11.4 Å². The normalized spacial score (nSPS) is 11.6. The molecule has 0 unspecified atom stereocenters. The first-order valence-electron chi connectivity index (χ1n) is 10.1. The minimum atomic E-state index is -0.296. The summed E-state index contributed by atoms with van der Waals surface area (Å²) in [5.74, 6) is 1.83. The number of rotatable bonds is 6. The Bertz CT molecular complexity index is 1510. The molecule has 8 nitrogen and oxygen atoms in total. The first-order valence-corrected chi connectivity index (χ1v) is 11.1. The Labute approximate surface area is 186 Å². The highest BCUT2D eigenvalue weighted by molar-refractivity contribution is 7.99. The van der Waals surface area contributed by atoms with Crippen molar-refractivity contribution in [2.24, 2.45) is 7.05 Å². The predicted molar refractivity (Wildman–Crippen MR) is 119 cm³/mol. The van der Waals surface area contributed by atoms with Crippen molar-refractivity contribution in [2.75, 3.05) is 5.75 Å². The first kappa shape index (κ1) is 20.4. The number of nitrogens with zero attached hydrogens (tertiary/aromatic N) is 6. The van der Waals surface area contributed by atoms with Crippen LogP contribution in [0.2, 0.25) is 0 Å². The van der Waals surface area contributed by atoms with Crippen LogP contribution in [0.15, 0.2) is 56.9 Å². The summed E-state index contributed by atoms with van der Waals surface area (Å²) in [5.41, 5.74) is 1.84. The Morgan fingerprint density at radius 1 is 1.16 bits per heavy atom. The Morgan fingerprint density at radius 2 is 2.00 bits per heavy atom. The topological polar surface area (TPSA) is 91.1 Å². The largest absolute Gasteiger partial charge is 0.339 e. The molecular weight excluding hydrogens is 431 g/mol. The lowest BCUT2D eigenvalue weighted by Crippen LogP contribution is -2.20. The second kappa shape index (κ2) is 8.19. The molecule has 0 saturated carbocycles. The second-order valence-corrected chi connectivity index (χ2v) is 8.49. The van der Waals surface area contributed by atoms with Gasteiger partial charge in [-0.25, -0.2) is 4.39 Å². The smallest absolute Gasteiger partial charge is 0.262 e. The number of aromatic nitrogens is 6. The summed E-state index contributed by atoms with van der Waals surface area (Å²) in [6, 6.07) is 12.3. The van der Waals surface area contributed by atoms with Crippen LogP contribution in [-0.4, -0.2) is 35.1 Å². The fourth-order valence-electron chi connectivity index (χ4n) is 3.50. The summed E-state index contributed by atoms with van der Waals surface area (Å²) in [7, 11) is 1.69. The van der Waals surface area contributed by atoms with E-state index in [1.165, 1.54) is 10.6 Å². The maximum absolute atomic E-state index is 13.8. The van der Waals surface area contributed by atoms with Crippen molar-refractivity contribution in [3.8, 4) is 11.4 Å². The fraction of sp³-hybridized carbons (Fsp3) is 0.227. The molecular formula is C22H19FN6O2S. The van der Waals surface area contributed by atoms with E-state index >= 15 is 0 Å². The molecule has 0 N–H and O–H groups in total. The van der Waals surface area contributed by atoms with Crippen molar-refractivity contribution in [1.82, 2.24) is 29.3 Å². The van der Waals surface area contributed by atoms with Crippen molar-refractivity contribution in [1.29, 1.82) is 0 Å². The molecule has 10 heteroatoms. The number of halogens is 1. The van der Waals surface area contributed by atoms with Gasteiger partial charge in [0.25, 0.3) is 5.56 Å². The molecule has 0 aliphatic heterocycles. The lowest BCUT2D eigenvalue weighted by atomic mass is 10.1. The fourth-order valence-corrected chi connectivity index (χ4v) is 4.38. The zero-order valence-corrected chi connectivity index (χ0v) is 18.3. The third-order valence-corrected chi connectivity index (χ3v) is 6.28. The monoisotopic (exact) mass is 450 g/mol. The van der Waals surface area contributed by atoms with Gasteiger partial charge in [0.1, 0.15) is 5.82 Å². The van der Waals surface area contributed by atoms with Gasteiger partial charge in [0.2, 0.25) is 17.5 Å². The van der Waals surface area contributed by atoms with E-state index in [1.807, 2.05) is 22.6 Å². The molecule has 0 saturated heterocycles. The maximum atomic E-state index is 13.8. The lowest BCUT2D eigenvalue weighted by Gasteiger charge is -2.07. The van der Waals surface area contributed by atoms with Crippen molar-refractivity contribution in [2.45, 2.75) is 24.9 Å². The van der Waals surface area contributed by atoms with Gasteiger partial charge in [0.05, 0.1) is 10.9 Å². The molecule has 32 heavy (non-hydrogen) atoms. The second-order valence-electron chi connectivity index (χ2n) is 7.43. The van der Waals surface area contributed by atoms with E-state index in [0.29, 0.717) is 45.6 Å². The highest BCUT2D eigenvalue weighted by Gasteiger charge is 2.15. The third-order valence-electron chi connectivity index (χ3n) is 5.26. The first-order chi connectivity index (χ1) is 15.5. The van der Waals surface area contributed by atoms with E-state index in [1.54, 1.807) is 43.9 Å². The number of para-hydroxylation sites is 1. The van der Waals surface area contributed by atoms with E-state index in [9.17, 15) is 9.18 Å². The lowest BCUT2D eigenvalue weighted by molar-refractivity contribution is 0.378. The highest BCUT2D eigenvalue weighted by Crippen LogP contribution is 2.23. The van der Waals surface area contributed by atoms with E-state index in [2.05, 4.69) is 20.3 Å². The maximum Gasteiger partial charge on any atom is 0.262 e. The van der Waals surface area contributed by atoms with Crippen LogP contribution in [0.1, 0.15) is 17.9 Å². The molecule has 5 rings (SSSR count). The number of benzene rings is 2. The van der Waals surface area contributed by atoms with Crippen LogP contribution >= 0.6 is 11.8 Å². The summed E-state index contributed by atoms with van der Waals surface area (Å²) in [6.07, 6.45) is 1.36. The molecule has 0 aliphatic carbocycles. The van der Waals surface area contributed by atoms with Crippen molar-refractivity contribution < 1.29 is 8.91 Å². The minimum absolute atomic E-state index is 0.0993. The molecule has 3 heterocycles. The van der Waals surface area contributed by atoms with Crippen LogP contribution in [0, 0.1) is 12.7 Å². The Balaban J connectivity index is 1.29. The van der Waals surface area contributed by atoms with Crippen molar-refractivity contribution in [3.63, 3.8) is 0 Å². The molecule has 0 radical (unpaired) electrons. The van der Waals surface area contributed by atoms with Crippen LogP contribution < -0.4 is 5.56 Å². The van der Waals surface area contributed by atoms with Gasteiger partial charge in [-0.1, -0.05) is 41.2 Å². The van der Waals surface area contributed by atoms with Crippen molar-refractivity contribution >= 4 is 28.4 Å². The van der Waals surface area contributed by atoms with Gasteiger partial charge in [-0.15, -0.1) is 10.2 Å². The summed E-state index contributed by atoms with van der Waals surface area (Å²) >= 11 is 1.55. The van der Waals surface area contributed by atoms with Gasteiger partial charge < -0.3 is 4.52 Å².